The maximum Gasteiger partial charge on any atom is 0.124 e. The number of hydrogen-bond donors (Lipinski definition) is 2. The van der Waals surface area contributed by atoms with E-state index >= 15 is 0 Å². The second-order valence-corrected chi connectivity index (χ2v) is 2.44. The highest BCUT2D eigenvalue weighted by Gasteiger charge is 2.02. The Morgan fingerprint density at radius 1 is 1.27 bits per heavy atom. The summed E-state index contributed by atoms with van der Waals surface area (Å²) >= 11 is 0. The van der Waals surface area contributed by atoms with Crippen molar-refractivity contribution in [3.8, 4) is 5.75 Å². The number of benzene rings is 1. The fourth-order valence-electron chi connectivity index (χ4n) is 1.06. The van der Waals surface area contributed by atoms with Gasteiger partial charge >= 0.3 is 0 Å². The van der Waals surface area contributed by atoms with Gasteiger partial charge < -0.3 is 10.2 Å². The maximum absolute atomic E-state index is 9.43. The van der Waals surface area contributed by atoms with Crippen molar-refractivity contribution < 1.29 is 10.2 Å². The molecule has 60 valence electrons. The second kappa shape index (κ2) is 3.39. The largest absolute Gasteiger partial charge is 0.507 e. The molecule has 1 aromatic rings. The Balaban J connectivity index is 3.10. The smallest absolute Gasteiger partial charge is 0.124 e. The maximum atomic E-state index is 9.43. The van der Waals surface area contributed by atoms with E-state index < -0.39 is 0 Å². The standard InChI is InChI=1S/C9H12O2/c1-2-7-4-3-5-8(6-10)9(7)11/h3-5,10-11H,2,6H2,1H3. The molecule has 0 amide bonds. The van der Waals surface area contributed by atoms with E-state index in [2.05, 4.69) is 0 Å². The van der Waals surface area contributed by atoms with Crippen LogP contribution >= 0.6 is 0 Å². The lowest BCUT2D eigenvalue weighted by Gasteiger charge is -2.04. The lowest BCUT2D eigenvalue weighted by Crippen LogP contribution is -1.88. The molecule has 0 spiro atoms. The number of aliphatic hydroxyl groups excluding tert-OH is 1. The van der Waals surface area contributed by atoms with Gasteiger partial charge in [-0.3, -0.25) is 0 Å². The monoisotopic (exact) mass is 152 g/mol. The Hall–Kier alpha value is -1.02. The van der Waals surface area contributed by atoms with Crippen molar-refractivity contribution in [1.82, 2.24) is 0 Å². The van der Waals surface area contributed by atoms with Crippen LogP contribution in [0.3, 0.4) is 0 Å². The Morgan fingerprint density at radius 2 is 1.91 bits per heavy atom. The van der Waals surface area contributed by atoms with Gasteiger partial charge in [-0.25, -0.2) is 0 Å². The summed E-state index contributed by atoms with van der Waals surface area (Å²) in [6, 6.07) is 5.41. The first-order valence-corrected chi connectivity index (χ1v) is 3.70. The molecule has 0 aliphatic carbocycles. The van der Waals surface area contributed by atoms with E-state index in [0.717, 1.165) is 12.0 Å². The van der Waals surface area contributed by atoms with Gasteiger partial charge in [-0.05, 0) is 12.0 Å². The number of aliphatic hydroxyl groups is 1. The van der Waals surface area contributed by atoms with Gasteiger partial charge in [0.25, 0.3) is 0 Å². The number of rotatable bonds is 2. The molecule has 1 aromatic carbocycles. The number of aryl methyl sites for hydroxylation is 1. The summed E-state index contributed by atoms with van der Waals surface area (Å²) in [4.78, 5) is 0. The van der Waals surface area contributed by atoms with Crippen LogP contribution in [0.1, 0.15) is 18.1 Å². The summed E-state index contributed by atoms with van der Waals surface area (Å²) in [5.74, 6) is 0.234. The van der Waals surface area contributed by atoms with Crippen LogP contribution in [0, 0.1) is 0 Å². The van der Waals surface area contributed by atoms with Gasteiger partial charge in [-0.1, -0.05) is 25.1 Å². The Kier molecular flexibility index (Phi) is 2.49. The summed E-state index contributed by atoms with van der Waals surface area (Å²) in [6.07, 6.45) is 0.791. The van der Waals surface area contributed by atoms with Gasteiger partial charge in [0.05, 0.1) is 6.61 Å². The fraction of sp³-hybridized carbons (Fsp3) is 0.333. The first-order valence-electron chi connectivity index (χ1n) is 3.70. The minimum absolute atomic E-state index is 0.0975. The molecule has 2 heteroatoms. The fourth-order valence-corrected chi connectivity index (χ4v) is 1.06. The van der Waals surface area contributed by atoms with Crippen molar-refractivity contribution in [2.24, 2.45) is 0 Å². The molecular formula is C9H12O2. The summed E-state index contributed by atoms with van der Waals surface area (Å²) in [5.41, 5.74) is 1.49. The summed E-state index contributed by atoms with van der Waals surface area (Å²) in [7, 11) is 0. The molecule has 1 rings (SSSR count). The number of hydrogen-bond acceptors (Lipinski definition) is 2. The van der Waals surface area contributed by atoms with Crippen LogP contribution in [0.5, 0.6) is 5.75 Å². The van der Waals surface area contributed by atoms with Gasteiger partial charge in [0, 0.05) is 5.56 Å². The first-order chi connectivity index (χ1) is 5.29. The van der Waals surface area contributed by atoms with E-state index in [1.165, 1.54) is 0 Å². The second-order valence-electron chi connectivity index (χ2n) is 2.44. The molecule has 0 radical (unpaired) electrons. The Bertz CT molecular complexity index is 221. The average Bonchev–Trinajstić information content (AvgIpc) is 2.05. The summed E-state index contributed by atoms with van der Waals surface area (Å²) < 4.78 is 0. The van der Waals surface area contributed by atoms with Crippen LogP contribution in [-0.2, 0) is 13.0 Å². The van der Waals surface area contributed by atoms with Gasteiger partial charge in [-0.15, -0.1) is 0 Å². The van der Waals surface area contributed by atoms with E-state index in [0.29, 0.717) is 5.56 Å². The van der Waals surface area contributed by atoms with Crippen molar-refractivity contribution in [3.63, 3.8) is 0 Å². The summed E-state index contributed by atoms with van der Waals surface area (Å²) in [5, 5.41) is 18.2. The molecule has 2 nitrogen and oxygen atoms in total. The minimum Gasteiger partial charge on any atom is -0.507 e. The van der Waals surface area contributed by atoms with E-state index in [4.69, 9.17) is 5.11 Å². The van der Waals surface area contributed by atoms with Gasteiger partial charge in [0.15, 0.2) is 0 Å². The van der Waals surface area contributed by atoms with Crippen LogP contribution < -0.4 is 0 Å². The van der Waals surface area contributed by atoms with Crippen LogP contribution in [0.4, 0.5) is 0 Å². The molecule has 2 N–H and O–H groups in total. The minimum atomic E-state index is -0.0975. The van der Waals surface area contributed by atoms with Crippen LogP contribution in [-0.4, -0.2) is 10.2 Å². The quantitative estimate of drug-likeness (QED) is 0.673. The predicted octanol–water partition coefficient (Wildman–Crippen LogP) is 1.45. The highest BCUT2D eigenvalue weighted by molar-refractivity contribution is 5.39. The zero-order chi connectivity index (χ0) is 8.27. The van der Waals surface area contributed by atoms with Crippen LogP contribution in [0.15, 0.2) is 18.2 Å². The molecular weight excluding hydrogens is 140 g/mol. The topological polar surface area (TPSA) is 40.5 Å². The highest BCUT2D eigenvalue weighted by atomic mass is 16.3. The Labute approximate surface area is 66.1 Å². The molecule has 0 heterocycles. The molecule has 11 heavy (non-hydrogen) atoms. The van der Waals surface area contributed by atoms with Gasteiger partial charge in [0.1, 0.15) is 5.75 Å². The van der Waals surface area contributed by atoms with Gasteiger partial charge in [0.2, 0.25) is 0 Å². The third-order valence-electron chi connectivity index (χ3n) is 1.75. The number of phenols is 1. The third-order valence-corrected chi connectivity index (χ3v) is 1.75. The predicted molar refractivity (Wildman–Crippen MR) is 43.4 cm³/mol. The zero-order valence-corrected chi connectivity index (χ0v) is 6.54. The number of aromatic hydroxyl groups is 1. The number of para-hydroxylation sites is 1. The molecule has 0 aliphatic rings. The van der Waals surface area contributed by atoms with Crippen molar-refractivity contribution in [1.29, 1.82) is 0 Å². The van der Waals surface area contributed by atoms with Crippen molar-refractivity contribution in [2.45, 2.75) is 20.0 Å². The van der Waals surface area contributed by atoms with E-state index in [1.807, 2.05) is 19.1 Å². The molecule has 0 unspecified atom stereocenters. The lowest BCUT2D eigenvalue weighted by atomic mass is 10.1. The van der Waals surface area contributed by atoms with Crippen molar-refractivity contribution in [3.05, 3.63) is 29.3 Å². The zero-order valence-electron chi connectivity index (χ0n) is 6.54. The van der Waals surface area contributed by atoms with Gasteiger partial charge in [-0.2, -0.15) is 0 Å². The SMILES string of the molecule is CCc1cccc(CO)c1O. The molecule has 0 atom stereocenters. The van der Waals surface area contributed by atoms with E-state index in [1.54, 1.807) is 6.07 Å². The molecule has 0 saturated heterocycles. The van der Waals surface area contributed by atoms with Crippen LogP contribution in [0.25, 0.3) is 0 Å². The Morgan fingerprint density at radius 3 is 2.45 bits per heavy atom. The van der Waals surface area contributed by atoms with E-state index in [-0.39, 0.29) is 12.4 Å². The molecule has 0 bridgehead atoms. The molecule has 0 aliphatic heterocycles. The first kappa shape index (κ1) is 8.08. The van der Waals surface area contributed by atoms with Crippen LogP contribution in [0.2, 0.25) is 0 Å². The lowest BCUT2D eigenvalue weighted by molar-refractivity contribution is 0.275. The summed E-state index contributed by atoms with van der Waals surface area (Å²) in [6.45, 7) is 1.87. The average molecular weight is 152 g/mol. The molecule has 0 saturated carbocycles. The third kappa shape index (κ3) is 1.52. The normalized spacial score (nSPS) is 10.0. The molecule has 0 fully saturated rings. The van der Waals surface area contributed by atoms with Crippen molar-refractivity contribution >= 4 is 0 Å². The highest BCUT2D eigenvalue weighted by Crippen LogP contribution is 2.22. The van der Waals surface area contributed by atoms with E-state index in [9.17, 15) is 5.11 Å². The van der Waals surface area contributed by atoms with Crippen molar-refractivity contribution in [2.75, 3.05) is 0 Å². The molecule has 0 aromatic heterocycles.